The van der Waals surface area contributed by atoms with Gasteiger partial charge in [-0.05, 0) is 24.8 Å². The molecule has 4 nitrogen and oxygen atoms in total. The van der Waals surface area contributed by atoms with E-state index in [2.05, 4.69) is 5.32 Å². The van der Waals surface area contributed by atoms with Gasteiger partial charge in [0.1, 0.15) is 11.6 Å². The van der Waals surface area contributed by atoms with Gasteiger partial charge in [-0.2, -0.15) is 0 Å². The number of aliphatic hydroxyl groups excluding tert-OH is 1. The van der Waals surface area contributed by atoms with E-state index in [1.807, 2.05) is 13.8 Å². The molecule has 1 atom stereocenters. The molecule has 1 amide bonds. The largest absolute Gasteiger partial charge is 0.389 e. The van der Waals surface area contributed by atoms with Crippen LogP contribution in [0.2, 0.25) is 0 Å². The predicted molar refractivity (Wildman–Crippen MR) is 86.6 cm³/mol. The van der Waals surface area contributed by atoms with Crippen LogP contribution in [0.3, 0.4) is 0 Å². The SMILES string of the molecule is CC(C)COCC(O)CNC(=O)C1(c2ccc(F)cc2F)CCC1. The molecule has 0 spiro atoms. The molecule has 0 heterocycles. The lowest BCUT2D eigenvalue weighted by molar-refractivity contribution is -0.130. The van der Waals surface area contributed by atoms with Crippen LogP contribution in [-0.4, -0.2) is 36.9 Å². The second kappa shape index (κ2) is 8.03. The van der Waals surface area contributed by atoms with E-state index in [1.165, 1.54) is 12.1 Å². The van der Waals surface area contributed by atoms with Crippen molar-refractivity contribution in [3.8, 4) is 0 Å². The molecule has 1 aliphatic rings. The number of rotatable bonds is 8. The molecular formula is C18H25F2NO3. The minimum Gasteiger partial charge on any atom is -0.389 e. The molecular weight excluding hydrogens is 316 g/mol. The van der Waals surface area contributed by atoms with Crippen molar-refractivity contribution >= 4 is 5.91 Å². The summed E-state index contributed by atoms with van der Waals surface area (Å²) in [7, 11) is 0. The zero-order chi connectivity index (χ0) is 17.7. The van der Waals surface area contributed by atoms with Gasteiger partial charge in [-0.3, -0.25) is 4.79 Å². The fourth-order valence-corrected chi connectivity index (χ4v) is 2.91. The maximum atomic E-state index is 14.1. The van der Waals surface area contributed by atoms with Crippen LogP contribution in [0.15, 0.2) is 18.2 Å². The van der Waals surface area contributed by atoms with E-state index in [0.717, 1.165) is 12.5 Å². The summed E-state index contributed by atoms with van der Waals surface area (Å²) in [4.78, 5) is 12.5. The minimum absolute atomic E-state index is 0.0431. The maximum Gasteiger partial charge on any atom is 0.230 e. The quantitative estimate of drug-likeness (QED) is 0.764. The van der Waals surface area contributed by atoms with Crippen LogP contribution in [0.4, 0.5) is 8.78 Å². The van der Waals surface area contributed by atoms with E-state index in [9.17, 15) is 18.7 Å². The first kappa shape index (κ1) is 18.8. The van der Waals surface area contributed by atoms with E-state index in [-0.39, 0.29) is 24.6 Å². The number of carbonyl (C=O) groups excluding carboxylic acids is 1. The third-order valence-electron chi connectivity index (χ3n) is 4.35. The third-order valence-corrected chi connectivity index (χ3v) is 4.35. The van der Waals surface area contributed by atoms with Crippen molar-refractivity contribution in [1.82, 2.24) is 5.32 Å². The van der Waals surface area contributed by atoms with Crippen molar-refractivity contribution in [3.63, 3.8) is 0 Å². The molecule has 0 aliphatic heterocycles. The summed E-state index contributed by atoms with van der Waals surface area (Å²) in [5, 5.41) is 12.5. The minimum atomic E-state index is -0.962. The highest BCUT2D eigenvalue weighted by molar-refractivity contribution is 5.89. The van der Waals surface area contributed by atoms with E-state index < -0.39 is 23.2 Å². The van der Waals surface area contributed by atoms with Crippen LogP contribution in [0.5, 0.6) is 0 Å². The van der Waals surface area contributed by atoms with Crippen LogP contribution < -0.4 is 5.32 Å². The number of benzene rings is 1. The number of hydrogen-bond donors (Lipinski definition) is 2. The Morgan fingerprint density at radius 3 is 2.58 bits per heavy atom. The Kier molecular flexibility index (Phi) is 6.29. The van der Waals surface area contributed by atoms with Crippen molar-refractivity contribution in [2.24, 2.45) is 5.92 Å². The summed E-state index contributed by atoms with van der Waals surface area (Å²) in [6.45, 7) is 4.73. The van der Waals surface area contributed by atoms with Crippen molar-refractivity contribution in [3.05, 3.63) is 35.4 Å². The number of hydrogen-bond acceptors (Lipinski definition) is 3. The van der Waals surface area contributed by atoms with Gasteiger partial charge < -0.3 is 15.2 Å². The van der Waals surface area contributed by atoms with Gasteiger partial charge in [-0.15, -0.1) is 0 Å². The molecule has 0 aromatic heterocycles. The van der Waals surface area contributed by atoms with Crippen molar-refractivity contribution < 1.29 is 23.4 Å². The summed E-state index contributed by atoms with van der Waals surface area (Å²) in [6.07, 6.45) is 1.02. The molecule has 0 saturated heterocycles. The summed E-state index contributed by atoms with van der Waals surface area (Å²) < 4.78 is 32.5. The molecule has 2 N–H and O–H groups in total. The summed E-state index contributed by atoms with van der Waals surface area (Å²) in [5.41, 5.74) is -0.741. The Morgan fingerprint density at radius 1 is 1.33 bits per heavy atom. The molecule has 134 valence electrons. The second-order valence-corrected chi connectivity index (χ2v) is 6.85. The number of carbonyl (C=O) groups is 1. The normalized spacial score (nSPS) is 17.4. The first-order valence-corrected chi connectivity index (χ1v) is 8.35. The summed E-state index contributed by atoms with van der Waals surface area (Å²) in [6, 6.07) is 3.31. The second-order valence-electron chi connectivity index (χ2n) is 6.85. The monoisotopic (exact) mass is 341 g/mol. The van der Waals surface area contributed by atoms with Crippen molar-refractivity contribution in [2.75, 3.05) is 19.8 Å². The van der Waals surface area contributed by atoms with Crippen LogP contribution >= 0.6 is 0 Å². The smallest absolute Gasteiger partial charge is 0.230 e. The van der Waals surface area contributed by atoms with Gasteiger partial charge in [0.25, 0.3) is 0 Å². The lowest BCUT2D eigenvalue weighted by atomic mass is 9.63. The van der Waals surface area contributed by atoms with Crippen LogP contribution in [0, 0.1) is 17.6 Å². The van der Waals surface area contributed by atoms with Gasteiger partial charge in [0, 0.05) is 24.8 Å². The summed E-state index contributed by atoms with van der Waals surface area (Å²) >= 11 is 0. The molecule has 1 saturated carbocycles. The van der Waals surface area contributed by atoms with Crippen LogP contribution in [-0.2, 0) is 14.9 Å². The molecule has 2 rings (SSSR count). The number of aliphatic hydroxyl groups is 1. The Morgan fingerprint density at radius 2 is 2.04 bits per heavy atom. The maximum absolute atomic E-state index is 14.1. The predicted octanol–water partition coefficient (Wildman–Crippen LogP) is 2.54. The Bertz CT molecular complexity index is 573. The van der Waals surface area contributed by atoms with E-state index in [0.29, 0.717) is 25.4 Å². The van der Waals surface area contributed by atoms with Gasteiger partial charge >= 0.3 is 0 Å². The fourth-order valence-electron chi connectivity index (χ4n) is 2.91. The molecule has 6 heteroatoms. The van der Waals surface area contributed by atoms with Crippen LogP contribution in [0.1, 0.15) is 38.7 Å². The van der Waals surface area contributed by atoms with Gasteiger partial charge in [0.15, 0.2) is 0 Å². The van der Waals surface area contributed by atoms with Crippen molar-refractivity contribution in [1.29, 1.82) is 0 Å². The Labute approximate surface area is 141 Å². The molecule has 1 aliphatic carbocycles. The number of nitrogens with one attached hydrogen (secondary N) is 1. The topological polar surface area (TPSA) is 58.6 Å². The lowest BCUT2D eigenvalue weighted by Crippen LogP contribution is -2.51. The Balaban J connectivity index is 1.94. The van der Waals surface area contributed by atoms with Gasteiger partial charge in [0.2, 0.25) is 5.91 Å². The zero-order valence-electron chi connectivity index (χ0n) is 14.1. The van der Waals surface area contributed by atoms with Gasteiger partial charge in [0.05, 0.1) is 18.1 Å². The average Bonchev–Trinajstić information content (AvgIpc) is 2.45. The molecule has 1 aromatic rings. The zero-order valence-corrected chi connectivity index (χ0v) is 14.1. The van der Waals surface area contributed by atoms with E-state index in [1.54, 1.807) is 0 Å². The lowest BCUT2D eigenvalue weighted by Gasteiger charge is -2.41. The fraction of sp³-hybridized carbons (Fsp3) is 0.611. The molecule has 24 heavy (non-hydrogen) atoms. The highest BCUT2D eigenvalue weighted by atomic mass is 19.1. The van der Waals surface area contributed by atoms with E-state index >= 15 is 0 Å². The molecule has 0 bridgehead atoms. The number of amides is 1. The van der Waals surface area contributed by atoms with Gasteiger partial charge in [-0.1, -0.05) is 26.3 Å². The van der Waals surface area contributed by atoms with E-state index in [4.69, 9.17) is 4.74 Å². The van der Waals surface area contributed by atoms with Gasteiger partial charge in [-0.25, -0.2) is 8.78 Å². The number of halogens is 2. The highest BCUT2D eigenvalue weighted by Gasteiger charge is 2.47. The van der Waals surface area contributed by atoms with Crippen molar-refractivity contribution in [2.45, 2.75) is 44.6 Å². The molecule has 1 aromatic carbocycles. The highest BCUT2D eigenvalue weighted by Crippen LogP contribution is 2.45. The summed E-state index contributed by atoms with van der Waals surface area (Å²) in [5.74, 6) is -1.33. The first-order chi connectivity index (χ1) is 11.3. The Hall–Kier alpha value is -1.53. The third kappa shape index (κ3) is 4.30. The molecule has 1 unspecified atom stereocenters. The number of ether oxygens (including phenoxy) is 1. The molecule has 1 fully saturated rings. The molecule has 0 radical (unpaired) electrons. The first-order valence-electron chi connectivity index (χ1n) is 8.35. The average molecular weight is 341 g/mol. The standard InChI is InChI=1S/C18H25F2NO3/c1-12(2)10-24-11-14(22)9-21-17(23)18(6-3-7-18)15-5-4-13(19)8-16(15)20/h4-5,8,12,14,22H,3,6-7,9-11H2,1-2H3,(H,21,23). The van der Waals surface area contributed by atoms with Crippen LogP contribution in [0.25, 0.3) is 0 Å².